The van der Waals surface area contributed by atoms with Crippen LogP contribution in [0.1, 0.15) is 27.2 Å². The van der Waals surface area contributed by atoms with Crippen LogP contribution >= 0.6 is 0 Å². The second kappa shape index (κ2) is 6.78. The summed E-state index contributed by atoms with van der Waals surface area (Å²) in [5.41, 5.74) is -0.158. The van der Waals surface area contributed by atoms with E-state index in [1.165, 1.54) is 0 Å². The van der Waals surface area contributed by atoms with Gasteiger partial charge in [-0.3, -0.25) is 14.5 Å². The van der Waals surface area contributed by atoms with Gasteiger partial charge < -0.3 is 10.2 Å². The molecule has 3 rings (SSSR count). The second-order valence-corrected chi connectivity index (χ2v) is 6.64. The Hall–Kier alpha value is -2.89. The van der Waals surface area contributed by atoms with Crippen LogP contribution < -0.4 is 10.2 Å². The number of hydrogen-bond donors (Lipinski definition) is 1. The van der Waals surface area contributed by atoms with Crippen LogP contribution in [0, 0.1) is 0 Å². The summed E-state index contributed by atoms with van der Waals surface area (Å²) in [5, 5.41) is 4.67. The van der Waals surface area contributed by atoms with Crippen molar-refractivity contribution in [2.75, 3.05) is 18.0 Å². The molecular weight excluding hydrogens is 330 g/mol. The lowest BCUT2D eigenvalue weighted by Gasteiger charge is -2.25. The van der Waals surface area contributed by atoms with Crippen molar-refractivity contribution in [2.45, 2.75) is 32.7 Å². The number of amides is 4. The first-order chi connectivity index (χ1) is 12.4. The van der Waals surface area contributed by atoms with Gasteiger partial charge in [0.05, 0.1) is 5.69 Å². The third-order valence-corrected chi connectivity index (χ3v) is 5.02. The van der Waals surface area contributed by atoms with Crippen molar-refractivity contribution in [1.29, 1.82) is 0 Å². The normalized spacial score (nSPS) is 19.7. The van der Waals surface area contributed by atoms with Crippen LogP contribution in [0.4, 0.5) is 10.5 Å². The molecular formula is C20H23N3O3. The largest absolute Gasteiger partial charge is 0.325 e. The van der Waals surface area contributed by atoms with E-state index in [1.54, 1.807) is 11.8 Å². The molecule has 0 unspecified atom stereocenters. The van der Waals surface area contributed by atoms with Gasteiger partial charge in [0.2, 0.25) is 5.91 Å². The predicted octanol–water partition coefficient (Wildman–Crippen LogP) is 2.91. The van der Waals surface area contributed by atoms with Gasteiger partial charge in [-0.2, -0.15) is 0 Å². The molecule has 1 fully saturated rings. The fraction of sp³-hybridized carbons (Fsp3) is 0.350. The van der Waals surface area contributed by atoms with E-state index in [0.29, 0.717) is 13.0 Å². The van der Waals surface area contributed by atoms with Crippen LogP contribution in [0.3, 0.4) is 0 Å². The molecule has 1 aliphatic rings. The first-order valence-corrected chi connectivity index (χ1v) is 8.83. The zero-order chi connectivity index (χ0) is 18.9. The molecule has 6 heteroatoms. The van der Waals surface area contributed by atoms with Gasteiger partial charge >= 0.3 is 6.03 Å². The molecule has 0 radical (unpaired) electrons. The number of hydrogen-bond acceptors (Lipinski definition) is 3. The lowest BCUT2D eigenvalue weighted by Crippen LogP contribution is -2.45. The number of imide groups is 1. The Morgan fingerprint density at radius 2 is 1.81 bits per heavy atom. The van der Waals surface area contributed by atoms with Gasteiger partial charge in [0.25, 0.3) is 5.91 Å². The van der Waals surface area contributed by atoms with Crippen LogP contribution in [0.15, 0.2) is 42.5 Å². The molecule has 1 heterocycles. The number of urea groups is 1. The van der Waals surface area contributed by atoms with Crippen molar-refractivity contribution in [3.63, 3.8) is 0 Å². The molecule has 1 saturated heterocycles. The van der Waals surface area contributed by atoms with E-state index in [1.807, 2.05) is 56.3 Å². The molecule has 2 aromatic rings. The topological polar surface area (TPSA) is 69.7 Å². The van der Waals surface area contributed by atoms with Gasteiger partial charge in [-0.15, -0.1) is 0 Å². The summed E-state index contributed by atoms with van der Waals surface area (Å²) in [7, 11) is 0. The highest BCUT2D eigenvalue weighted by molar-refractivity contribution is 6.11. The summed E-state index contributed by atoms with van der Waals surface area (Å²) in [6.45, 7) is 5.57. The number of nitrogens with zero attached hydrogens (tertiary/aromatic N) is 2. The number of carbonyl (C=O) groups excluding carboxylic acids is 3. The van der Waals surface area contributed by atoms with Gasteiger partial charge in [-0.1, -0.05) is 43.3 Å². The molecule has 1 aliphatic heterocycles. The maximum absolute atomic E-state index is 12.9. The smallest absolute Gasteiger partial charge is 0.323 e. The average Bonchev–Trinajstić information content (AvgIpc) is 2.86. The molecule has 26 heavy (non-hydrogen) atoms. The van der Waals surface area contributed by atoms with Crippen molar-refractivity contribution in [1.82, 2.24) is 10.2 Å². The van der Waals surface area contributed by atoms with E-state index in [9.17, 15) is 14.4 Å². The number of rotatable bonds is 5. The minimum absolute atomic E-state index is 0.267. The lowest BCUT2D eigenvalue weighted by molar-refractivity contribution is -0.134. The first kappa shape index (κ1) is 17.9. The Morgan fingerprint density at radius 3 is 2.46 bits per heavy atom. The number of nitrogens with one attached hydrogen (secondary N) is 1. The molecule has 0 aromatic heterocycles. The van der Waals surface area contributed by atoms with Crippen LogP contribution in [-0.2, 0) is 9.59 Å². The Labute approximate surface area is 152 Å². The summed E-state index contributed by atoms with van der Waals surface area (Å²) in [6, 6.07) is 13.1. The molecule has 1 N–H and O–H groups in total. The Bertz CT molecular complexity index is 874. The first-order valence-electron chi connectivity index (χ1n) is 8.83. The Morgan fingerprint density at radius 1 is 1.12 bits per heavy atom. The Balaban J connectivity index is 1.88. The summed E-state index contributed by atoms with van der Waals surface area (Å²) in [6.07, 6.45) is 0.475. The van der Waals surface area contributed by atoms with Gasteiger partial charge in [-0.25, -0.2) is 4.79 Å². The fourth-order valence-corrected chi connectivity index (χ4v) is 3.28. The zero-order valence-electron chi connectivity index (χ0n) is 15.3. The summed E-state index contributed by atoms with van der Waals surface area (Å²) >= 11 is 0. The van der Waals surface area contributed by atoms with Crippen molar-refractivity contribution in [2.24, 2.45) is 0 Å². The third-order valence-electron chi connectivity index (χ3n) is 5.02. The molecule has 4 amide bonds. The molecule has 136 valence electrons. The molecule has 6 nitrogen and oxygen atoms in total. The molecule has 0 saturated carbocycles. The SMILES string of the molecule is CCN(C(=O)CN1C(=O)N[C@@](C)(CC)C1=O)c1cccc2ccccc12. The highest BCUT2D eigenvalue weighted by Crippen LogP contribution is 2.27. The standard InChI is InChI=1S/C20H23N3O3/c1-4-20(3)18(25)23(19(26)21-20)13-17(24)22(5-2)16-12-8-10-14-9-6-7-11-15(14)16/h6-12H,4-5,13H2,1-3H3,(H,21,26)/t20-/m0/s1. The molecule has 0 aliphatic carbocycles. The number of benzene rings is 2. The molecule has 1 atom stereocenters. The molecule has 0 bridgehead atoms. The lowest BCUT2D eigenvalue weighted by atomic mass is 9.99. The van der Waals surface area contributed by atoms with Crippen molar-refractivity contribution in [3.8, 4) is 0 Å². The number of anilines is 1. The van der Waals surface area contributed by atoms with Crippen LogP contribution in [0.2, 0.25) is 0 Å². The number of likely N-dealkylation sites (N-methyl/N-ethyl adjacent to an activating group) is 1. The van der Waals surface area contributed by atoms with Gasteiger partial charge in [0.15, 0.2) is 0 Å². The van der Waals surface area contributed by atoms with Crippen molar-refractivity contribution < 1.29 is 14.4 Å². The average molecular weight is 353 g/mol. The van der Waals surface area contributed by atoms with E-state index < -0.39 is 11.6 Å². The van der Waals surface area contributed by atoms with E-state index >= 15 is 0 Å². The van der Waals surface area contributed by atoms with Crippen LogP contribution in [-0.4, -0.2) is 41.4 Å². The maximum Gasteiger partial charge on any atom is 0.325 e. The summed E-state index contributed by atoms with van der Waals surface area (Å²) < 4.78 is 0. The fourth-order valence-electron chi connectivity index (χ4n) is 3.28. The van der Waals surface area contributed by atoms with Crippen molar-refractivity contribution >= 4 is 34.3 Å². The maximum atomic E-state index is 12.9. The van der Waals surface area contributed by atoms with Gasteiger partial charge in [0.1, 0.15) is 12.1 Å². The highest BCUT2D eigenvalue weighted by Gasteiger charge is 2.47. The van der Waals surface area contributed by atoms with Crippen LogP contribution in [0.5, 0.6) is 0 Å². The highest BCUT2D eigenvalue weighted by atomic mass is 16.2. The second-order valence-electron chi connectivity index (χ2n) is 6.64. The minimum Gasteiger partial charge on any atom is -0.323 e. The summed E-state index contributed by atoms with van der Waals surface area (Å²) in [4.78, 5) is 40.3. The van der Waals surface area contributed by atoms with Crippen molar-refractivity contribution in [3.05, 3.63) is 42.5 Å². The monoisotopic (exact) mass is 353 g/mol. The number of carbonyl (C=O) groups is 3. The van der Waals surface area contributed by atoms with Gasteiger partial charge in [-0.05, 0) is 31.7 Å². The molecule has 2 aromatic carbocycles. The van der Waals surface area contributed by atoms with E-state index in [-0.39, 0.29) is 18.4 Å². The summed E-state index contributed by atoms with van der Waals surface area (Å²) in [5.74, 6) is -0.639. The Kier molecular flexibility index (Phi) is 4.68. The van der Waals surface area contributed by atoms with Gasteiger partial charge in [0, 0.05) is 11.9 Å². The zero-order valence-corrected chi connectivity index (χ0v) is 15.3. The minimum atomic E-state index is -0.937. The molecule has 0 spiro atoms. The predicted molar refractivity (Wildman–Crippen MR) is 101 cm³/mol. The van der Waals surface area contributed by atoms with Crippen LogP contribution in [0.25, 0.3) is 10.8 Å². The third kappa shape index (κ3) is 2.92. The van der Waals surface area contributed by atoms with E-state index in [4.69, 9.17) is 0 Å². The quantitative estimate of drug-likeness (QED) is 0.840. The number of fused-ring (bicyclic) bond motifs is 1. The van der Waals surface area contributed by atoms with E-state index in [2.05, 4.69) is 5.32 Å². The van der Waals surface area contributed by atoms with E-state index in [0.717, 1.165) is 21.4 Å².